The molecule has 0 saturated carbocycles. The quantitative estimate of drug-likeness (QED) is 0.796. The van der Waals surface area contributed by atoms with E-state index in [4.69, 9.17) is 4.74 Å². The number of carbonyl (C=O) groups is 1. The van der Waals surface area contributed by atoms with E-state index >= 15 is 0 Å². The third-order valence-electron chi connectivity index (χ3n) is 3.28. The van der Waals surface area contributed by atoms with Crippen molar-refractivity contribution in [1.29, 1.82) is 0 Å². The molecule has 0 N–H and O–H groups in total. The minimum Gasteiger partial charge on any atom is -0.491 e. The number of benzene rings is 1. The van der Waals surface area contributed by atoms with Crippen molar-refractivity contribution in [2.75, 3.05) is 17.3 Å². The first kappa shape index (κ1) is 16.6. The maximum Gasteiger partial charge on any atom is 0.243 e. The molecule has 1 aromatic rings. The maximum absolute atomic E-state index is 12.2. The fourth-order valence-corrected chi connectivity index (χ4v) is 2.96. The molecule has 1 heterocycles. The molecular weight excluding hydrogens is 296 g/mol. The number of nitrogens with zero attached hydrogens (tertiary/aromatic N) is 2. The van der Waals surface area contributed by atoms with Crippen molar-refractivity contribution < 1.29 is 9.53 Å². The van der Waals surface area contributed by atoms with Crippen LogP contribution in [-0.2, 0) is 4.79 Å². The fourth-order valence-electron chi connectivity index (χ4n) is 2.10. The molecule has 0 radical (unpaired) electrons. The molecule has 5 heteroatoms. The molecule has 0 aliphatic carbocycles. The fraction of sp³-hybridized carbons (Fsp3) is 0.412. The van der Waals surface area contributed by atoms with Crippen LogP contribution in [0.15, 0.2) is 36.0 Å². The van der Waals surface area contributed by atoms with E-state index in [2.05, 4.69) is 25.4 Å². The summed E-state index contributed by atoms with van der Waals surface area (Å²) in [6.45, 7) is 10.6. The molecule has 1 aliphatic heterocycles. The van der Waals surface area contributed by atoms with Crippen LogP contribution in [0.2, 0.25) is 0 Å². The molecule has 1 aliphatic rings. The van der Waals surface area contributed by atoms with Crippen molar-refractivity contribution in [2.24, 2.45) is 10.9 Å². The van der Waals surface area contributed by atoms with Crippen LogP contribution in [0.5, 0.6) is 5.75 Å². The highest BCUT2D eigenvalue weighted by Gasteiger charge is 2.31. The van der Waals surface area contributed by atoms with Crippen molar-refractivity contribution in [2.45, 2.75) is 27.2 Å². The number of thioether (sulfide) groups is 1. The standard InChI is InChI=1S/C17H22N2O2S/c1-5-18-17-19(16(20)11-22-17)14-10-13(4)6-7-15(14)21-9-8-12(2)3/h5-7,10,12H,1,8-9,11H2,2-4H3. The second kappa shape index (κ2) is 7.49. The number of hydrogen-bond acceptors (Lipinski definition) is 4. The molecule has 2 rings (SSSR count). The van der Waals surface area contributed by atoms with Crippen LogP contribution in [0.3, 0.4) is 0 Å². The second-order valence-electron chi connectivity index (χ2n) is 5.61. The van der Waals surface area contributed by atoms with Gasteiger partial charge in [0.05, 0.1) is 18.0 Å². The Hall–Kier alpha value is -1.75. The molecule has 1 saturated heterocycles. The van der Waals surface area contributed by atoms with E-state index in [1.54, 1.807) is 4.90 Å². The monoisotopic (exact) mass is 318 g/mol. The van der Waals surface area contributed by atoms with Gasteiger partial charge in [0, 0.05) is 6.20 Å². The van der Waals surface area contributed by atoms with Gasteiger partial charge in [0.15, 0.2) is 5.17 Å². The van der Waals surface area contributed by atoms with Gasteiger partial charge in [-0.2, -0.15) is 0 Å². The van der Waals surface area contributed by atoms with Gasteiger partial charge in [-0.3, -0.25) is 9.69 Å². The summed E-state index contributed by atoms with van der Waals surface area (Å²) in [5, 5.41) is 0.652. The third kappa shape index (κ3) is 3.91. The van der Waals surface area contributed by atoms with Crippen molar-refractivity contribution in [3.63, 3.8) is 0 Å². The Morgan fingerprint density at radius 1 is 1.50 bits per heavy atom. The molecular formula is C17H22N2O2S. The van der Waals surface area contributed by atoms with Crippen molar-refractivity contribution in [1.82, 2.24) is 0 Å². The number of amidine groups is 1. The Morgan fingerprint density at radius 3 is 2.95 bits per heavy atom. The lowest BCUT2D eigenvalue weighted by atomic mass is 10.1. The van der Waals surface area contributed by atoms with Gasteiger partial charge in [0.25, 0.3) is 0 Å². The zero-order chi connectivity index (χ0) is 16.1. The number of aryl methyl sites for hydroxylation is 1. The topological polar surface area (TPSA) is 41.9 Å². The molecule has 1 aromatic carbocycles. The van der Waals surface area contributed by atoms with E-state index < -0.39 is 0 Å². The second-order valence-corrected chi connectivity index (χ2v) is 6.56. The molecule has 0 bridgehead atoms. The van der Waals surface area contributed by atoms with E-state index in [1.807, 2.05) is 25.1 Å². The number of carbonyl (C=O) groups excluding carboxylic acids is 1. The van der Waals surface area contributed by atoms with Gasteiger partial charge in [-0.1, -0.05) is 38.3 Å². The van der Waals surface area contributed by atoms with Gasteiger partial charge in [-0.05, 0) is 37.0 Å². The number of rotatable bonds is 6. The predicted molar refractivity (Wildman–Crippen MR) is 93.7 cm³/mol. The Morgan fingerprint density at radius 2 is 2.27 bits per heavy atom. The molecule has 0 aromatic heterocycles. The van der Waals surface area contributed by atoms with E-state index in [0.29, 0.717) is 23.4 Å². The SMILES string of the molecule is C=CN=C1SCC(=O)N1c1cc(C)ccc1OCCC(C)C. The highest BCUT2D eigenvalue weighted by molar-refractivity contribution is 8.15. The molecule has 4 nitrogen and oxygen atoms in total. The van der Waals surface area contributed by atoms with Gasteiger partial charge in [0.2, 0.25) is 5.91 Å². The zero-order valence-electron chi connectivity index (χ0n) is 13.3. The van der Waals surface area contributed by atoms with Crippen molar-refractivity contribution in [3.05, 3.63) is 36.5 Å². The van der Waals surface area contributed by atoms with Crippen LogP contribution >= 0.6 is 11.8 Å². The van der Waals surface area contributed by atoms with Crippen LogP contribution in [0, 0.1) is 12.8 Å². The van der Waals surface area contributed by atoms with Gasteiger partial charge < -0.3 is 4.74 Å². The molecule has 118 valence electrons. The third-order valence-corrected chi connectivity index (χ3v) is 4.21. The van der Waals surface area contributed by atoms with E-state index in [-0.39, 0.29) is 5.91 Å². The lowest BCUT2D eigenvalue weighted by Gasteiger charge is -2.20. The summed E-state index contributed by atoms with van der Waals surface area (Å²) in [6.07, 6.45) is 2.44. The average molecular weight is 318 g/mol. The van der Waals surface area contributed by atoms with Crippen molar-refractivity contribution >= 4 is 28.5 Å². The van der Waals surface area contributed by atoms with Gasteiger partial charge in [-0.25, -0.2) is 4.99 Å². The zero-order valence-corrected chi connectivity index (χ0v) is 14.2. The summed E-state index contributed by atoms with van der Waals surface area (Å²) in [5.74, 6) is 1.71. The normalized spacial score (nSPS) is 16.6. The summed E-state index contributed by atoms with van der Waals surface area (Å²) < 4.78 is 5.91. The smallest absolute Gasteiger partial charge is 0.243 e. The first-order valence-corrected chi connectivity index (χ1v) is 8.39. The van der Waals surface area contributed by atoms with Gasteiger partial charge >= 0.3 is 0 Å². The van der Waals surface area contributed by atoms with Crippen LogP contribution in [-0.4, -0.2) is 23.4 Å². The summed E-state index contributed by atoms with van der Waals surface area (Å²) in [5.41, 5.74) is 1.84. The minimum atomic E-state index is 0.0184. The largest absolute Gasteiger partial charge is 0.491 e. The Kier molecular flexibility index (Phi) is 5.66. The highest BCUT2D eigenvalue weighted by atomic mass is 32.2. The number of aliphatic imine (C=N–C) groups is 1. The number of ether oxygens (including phenoxy) is 1. The average Bonchev–Trinajstić information content (AvgIpc) is 2.81. The molecule has 0 atom stereocenters. The van der Waals surface area contributed by atoms with Crippen LogP contribution in [0.25, 0.3) is 0 Å². The van der Waals surface area contributed by atoms with Crippen LogP contribution < -0.4 is 9.64 Å². The predicted octanol–water partition coefficient (Wildman–Crippen LogP) is 4.00. The summed E-state index contributed by atoms with van der Waals surface area (Å²) in [7, 11) is 0. The van der Waals surface area contributed by atoms with Crippen molar-refractivity contribution in [3.8, 4) is 5.75 Å². The van der Waals surface area contributed by atoms with E-state index in [1.165, 1.54) is 18.0 Å². The van der Waals surface area contributed by atoms with E-state index in [9.17, 15) is 4.79 Å². The molecule has 0 spiro atoms. The lowest BCUT2D eigenvalue weighted by Crippen LogP contribution is -2.29. The summed E-state index contributed by atoms with van der Waals surface area (Å²) in [4.78, 5) is 18.1. The van der Waals surface area contributed by atoms with Gasteiger partial charge in [-0.15, -0.1) is 0 Å². The van der Waals surface area contributed by atoms with Gasteiger partial charge in [0.1, 0.15) is 5.75 Å². The molecule has 1 amide bonds. The Labute approximate surface area is 136 Å². The number of hydrogen-bond donors (Lipinski definition) is 0. The lowest BCUT2D eigenvalue weighted by molar-refractivity contribution is -0.115. The number of anilines is 1. The first-order valence-electron chi connectivity index (χ1n) is 7.41. The molecule has 22 heavy (non-hydrogen) atoms. The summed E-state index contributed by atoms with van der Waals surface area (Å²) >= 11 is 1.42. The Bertz CT molecular complexity index is 596. The number of amides is 1. The van der Waals surface area contributed by atoms with Crippen LogP contribution in [0.1, 0.15) is 25.8 Å². The molecule has 0 unspecified atom stereocenters. The Balaban J connectivity index is 2.31. The van der Waals surface area contributed by atoms with Crippen LogP contribution in [0.4, 0.5) is 5.69 Å². The van der Waals surface area contributed by atoms with E-state index in [0.717, 1.165) is 23.4 Å². The maximum atomic E-state index is 12.2. The highest BCUT2D eigenvalue weighted by Crippen LogP contribution is 2.35. The first-order chi connectivity index (χ1) is 10.5. The molecule has 1 fully saturated rings. The summed E-state index contributed by atoms with van der Waals surface area (Å²) in [6, 6.07) is 5.88. The minimum absolute atomic E-state index is 0.0184.